The third-order valence-corrected chi connectivity index (χ3v) is 5.16. The minimum atomic E-state index is -4.56. The van der Waals surface area contributed by atoms with E-state index in [0.29, 0.717) is 30.0 Å². The molecule has 3 aromatic rings. The summed E-state index contributed by atoms with van der Waals surface area (Å²) in [5.74, 6) is 0.564. The van der Waals surface area contributed by atoms with Gasteiger partial charge in [0.15, 0.2) is 0 Å². The van der Waals surface area contributed by atoms with Gasteiger partial charge < -0.3 is 14.8 Å². The van der Waals surface area contributed by atoms with Gasteiger partial charge in [0.1, 0.15) is 11.6 Å². The van der Waals surface area contributed by atoms with Crippen LogP contribution < -0.4 is 10.2 Å². The Labute approximate surface area is 165 Å². The highest BCUT2D eigenvalue weighted by Crippen LogP contribution is 2.41. The molecule has 1 saturated heterocycles. The van der Waals surface area contributed by atoms with Crippen molar-refractivity contribution in [2.24, 2.45) is 0 Å². The SMILES string of the molecule is C[C@@H]1CN(c2nccc3c2c(C(F)(F)F)cn3-c2cc(C#N)ccn2)[C@@H](C)CN1. The number of aromatic nitrogens is 3. The summed E-state index contributed by atoms with van der Waals surface area (Å²) in [5.41, 5.74) is -0.0920. The number of nitrogens with zero attached hydrogens (tertiary/aromatic N) is 5. The Morgan fingerprint density at radius 3 is 2.69 bits per heavy atom. The van der Waals surface area contributed by atoms with Crippen LogP contribution in [-0.2, 0) is 6.18 Å². The predicted octanol–water partition coefficient (Wildman–Crippen LogP) is 3.50. The van der Waals surface area contributed by atoms with Gasteiger partial charge in [-0.15, -0.1) is 0 Å². The van der Waals surface area contributed by atoms with Crippen molar-refractivity contribution in [2.75, 3.05) is 18.0 Å². The zero-order valence-electron chi connectivity index (χ0n) is 15.9. The topological polar surface area (TPSA) is 69.8 Å². The summed E-state index contributed by atoms with van der Waals surface area (Å²) in [5, 5.41) is 12.5. The normalized spacial score (nSPS) is 20.1. The van der Waals surface area contributed by atoms with Gasteiger partial charge in [-0.05, 0) is 32.0 Å². The van der Waals surface area contributed by atoms with Crippen molar-refractivity contribution in [2.45, 2.75) is 32.1 Å². The average molecular weight is 400 g/mol. The smallest absolute Gasteiger partial charge is 0.351 e. The number of anilines is 1. The molecule has 4 rings (SSSR count). The molecule has 4 heterocycles. The minimum Gasteiger partial charge on any atom is -0.351 e. The standard InChI is InChI=1S/C20H19F3N6/c1-12-10-28(13(2)9-27-12)19-18-15(20(21,22)23)11-29(16(18)4-6-26-19)17-7-14(8-24)3-5-25-17/h3-7,11-13,27H,9-10H2,1-2H3/t12-,13+/m1/s1. The second-order valence-corrected chi connectivity index (χ2v) is 7.26. The van der Waals surface area contributed by atoms with Crippen molar-refractivity contribution < 1.29 is 13.2 Å². The number of hydrogen-bond acceptors (Lipinski definition) is 5. The molecule has 9 heteroatoms. The molecule has 29 heavy (non-hydrogen) atoms. The first-order valence-electron chi connectivity index (χ1n) is 9.23. The van der Waals surface area contributed by atoms with E-state index in [1.165, 1.54) is 29.1 Å². The summed E-state index contributed by atoms with van der Waals surface area (Å²) in [4.78, 5) is 10.4. The first kappa shape index (κ1) is 19.2. The Bertz CT molecular complexity index is 1100. The van der Waals surface area contributed by atoms with Crippen LogP contribution in [0.5, 0.6) is 0 Å². The van der Waals surface area contributed by atoms with Crippen LogP contribution in [0.3, 0.4) is 0 Å². The zero-order chi connectivity index (χ0) is 20.8. The second-order valence-electron chi connectivity index (χ2n) is 7.26. The third-order valence-electron chi connectivity index (χ3n) is 5.16. The number of alkyl halides is 3. The molecule has 0 bridgehead atoms. The Morgan fingerprint density at radius 1 is 1.21 bits per heavy atom. The van der Waals surface area contributed by atoms with Gasteiger partial charge in [0.2, 0.25) is 0 Å². The van der Waals surface area contributed by atoms with Gasteiger partial charge in [0.25, 0.3) is 0 Å². The number of pyridine rings is 2. The van der Waals surface area contributed by atoms with Crippen LogP contribution in [0.25, 0.3) is 16.7 Å². The van der Waals surface area contributed by atoms with Crippen LogP contribution in [0.4, 0.5) is 19.0 Å². The Hall–Kier alpha value is -3.12. The molecule has 1 aliphatic rings. The molecular weight excluding hydrogens is 381 g/mol. The van der Waals surface area contributed by atoms with Gasteiger partial charge in [-0.1, -0.05) is 0 Å². The third kappa shape index (κ3) is 3.40. The first-order valence-corrected chi connectivity index (χ1v) is 9.23. The van der Waals surface area contributed by atoms with Gasteiger partial charge in [-0.25, -0.2) is 9.97 Å². The number of rotatable bonds is 2. The predicted molar refractivity (Wildman–Crippen MR) is 103 cm³/mol. The number of piperazine rings is 1. The van der Waals surface area contributed by atoms with Crippen molar-refractivity contribution in [1.82, 2.24) is 19.9 Å². The molecule has 0 saturated carbocycles. The van der Waals surface area contributed by atoms with Crippen molar-refractivity contribution in [3.8, 4) is 11.9 Å². The van der Waals surface area contributed by atoms with E-state index in [2.05, 4.69) is 15.3 Å². The van der Waals surface area contributed by atoms with Crippen molar-refractivity contribution >= 4 is 16.7 Å². The quantitative estimate of drug-likeness (QED) is 0.713. The maximum atomic E-state index is 14.0. The molecule has 0 aliphatic carbocycles. The molecule has 1 N–H and O–H groups in total. The second kappa shape index (κ2) is 7.04. The maximum Gasteiger partial charge on any atom is 0.418 e. The number of nitrogens with one attached hydrogen (secondary N) is 1. The molecule has 1 fully saturated rings. The lowest BCUT2D eigenvalue weighted by atomic mass is 10.1. The largest absolute Gasteiger partial charge is 0.418 e. The zero-order valence-corrected chi connectivity index (χ0v) is 15.9. The summed E-state index contributed by atoms with van der Waals surface area (Å²) in [6, 6.07) is 6.64. The van der Waals surface area contributed by atoms with Crippen molar-refractivity contribution in [1.29, 1.82) is 5.26 Å². The lowest BCUT2D eigenvalue weighted by molar-refractivity contribution is -0.136. The van der Waals surface area contributed by atoms with E-state index >= 15 is 0 Å². The highest BCUT2D eigenvalue weighted by atomic mass is 19.4. The fourth-order valence-electron chi connectivity index (χ4n) is 3.72. The van der Waals surface area contributed by atoms with E-state index in [0.717, 1.165) is 6.20 Å². The van der Waals surface area contributed by atoms with E-state index in [9.17, 15) is 13.2 Å². The molecule has 0 aromatic carbocycles. The molecule has 0 unspecified atom stereocenters. The number of fused-ring (bicyclic) bond motifs is 1. The van der Waals surface area contributed by atoms with Crippen LogP contribution in [0.1, 0.15) is 25.0 Å². The molecule has 150 valence electrons. The molecule has 2 atom stereocenters. The van der Waals surface area contributed by atoms with Gasteiger partial charge >= 0.3 is 6.18 Å². The fourth-order valence-corrected chi connectivity index (χ4v) is 3.72. The molecule has 0 amide bonds. The maximum absolute atomic E-state index is 14.0. The molecule has 0 spiro atoms. The van der Waals surface area contributed by atoms with Crippen LogP contribution in [0.2, 0.25) is 0 Å². The molecule has 1 aliphatic heterocycles. The van der Waals surface area contributed by atoms with E-state index in [1.807, 2.05) is 24.8 Å². The van der Waals surface area contributed by atoms with Gasteiger partial charge in [0, 0.05) is 43.8 Å². The van der Waals surface area contributed by atoms with Crippen LogP contribution >= 0.6 is 0 Å². The van der Waals surface area contributed by atoms with Crippen LogP contribution in [0.15, 0.2) is 36.8 Å². The van der Waals surface area contributed by atoms with Crippen LogP contribution in [0, 0.1) is 11.3 Å². The lowest BCUT2D eigenvalue weighted by Gasteiger charge is -2.38. The highest BCUT2D eigenvalue weighted by Gasteiger charge is 2.38. The summed E-state index contributed by atoms with van der Waals surface area (Å²) >= 11 is 0. The number of nitriles is 1. The van der Waals surface area contributed by atoms with Gasteiger partial charge in [-0.3, -0.25) is 0 Å². The van der Waals surface area contributed by atoms with Crippen molar-refractivity contribution in [3.63, 3.8) is 0 Å². The van der Waals surface area contributed by atoms with Gasteiger partial charge in [-0.2, -0.15) is 18.4 Å². The first-order chi connectivity index (χ1) is 13.8. The van der Waals surface area contributed by atoms with Gasteiger partial charge in [0.05, 0.1) is 28.1 Å². The molecular formula is C20H19F3N6. The lowest BCUT2D eigenvalue weighted by Crippen LogP contribution is -2.54. The van der Waals surface area contributed by atoms with E-state index in [4.69, 9.17) is 5.26 Å². The van der Waals surface area contributed by atoms with E-state index in [-0.39, 0.29) is 23.3 Å². The Balaban J connectivity index is 1.98. The summed E-state index contributed by atoms with van der Waals surface area (Å²) in [6.07, 6.45) is -0.594. The molecule has 0 radical (unpaired) electrons. The van der Waals surface area contributed by atoms with Crippen molar-refractivity contribution in [3.05, 3.63) is 47.9 Å². The monoisotopic (exact) mass is 400 g/mol. The van der Waals surface area contributed by atoms with Crippen LogP contribution in [-0.4, -0.2) is 39.7 Å². The highest BCUT2D eigenvalue weighted by molar-refractivity contribution is 5.95. The summed E-state index contributed by atoms with van der Waals surface area (Å²) < 4.78 is 43.3. The summed E-state index contributed by atoms with van der Waals surface area (Å²) in [7, 11) is 0. The Morgan fingerprint density at radius 2 is 1.97 bits per heavy atom. The molecule has 6 nitrogen and oxygen atoms in total. The molecule has 3 aromatic heterocycles. The average Bonchev–Trinajstić information content (AvgIpc) is 3.10. The number of hydrogen-bond donors (Lipinski definition) is 1. The summed E-state index contributed by atoms with van der Waals surface area (Å²) in [6.45, 7) is 5.17. The van der Waals surface area contributed by atoms with E-state index in [1.54, 1.807) is 6.07 Å². The minimum absolute atomic E-state index is 0.00576. The van der Waals surface area contributed by atoms with E-state index < -0.39 is 11.7 Å². The number of halogens is 3. The fraction of sp³-hybridized carbons (Fsp3) is 0.350. The Kier molecular flexibility index (Phi) is 4.67.